The van der Waals surface area contributed by atoms with E-state index in [0.29, 0.717) is 18.0 Å². The van der Waals surface area contributed by atoms with Crippen molar-refractivity contribution in [1.82, 2.24) is 9.88 Å². The van der Waals surface area contributed by atoms with E-state index in [1.165, 1.54) is 18.4 Å². The molecule has 0 aliphatic carbocycles. The zero-order valence-electron chi connectivity index (χ0n) is 10.8. The van der Waals surface area contributed by atoms with Gasteiger partial charge < -0.3 is 5.73 Å². The molecule has 3 heteroatoms. The average Bonchev–Trinajstić information content (AvgIpc) is 2.38. The Morgan fingerprint density at radius 1 is 1.47 bits per heavy atom. The maximum atomic E-state index is 5.95. The van der Waals surface area contributed by atoms with Gasteiger partial charge in [0, 0.05) is 31.0 Å². The zero-order valence-corrected chi connectivity index (χ0v) is 10.8. The second-order valence-corrected chi connectivity index (χ2v) is 5.12. The lowest BCUT2D eigenvalue weighted by Gasteiger charge is -2.43. The lowest BCUT2D eigenvalue weighted by molar-refractivity contribution is 0.0689. The van der Waals surface area contributed by atoms with E-state index in [0.717, 1.165) is 13.1 Å². The van der Waals surface area contributed by atoms with Crippen LogP contribution in [0.15, 0.2) is 24.5 Å². The molecule has 3 nitrogen and oxygen atoms in total. The molecule has 0 radical (unpaired) electrons. The first kappa shape index (κ1) is 12.5. The van der Waals surface area contributed by atoms with Crippen molar-refractivity contribution in [1.29, 1.82) is 0 Å². The number of likely N-dealkylation sites (tertiary alicyclic amines) is 1. The predicted molar refractivity (Wildman–Crippen MR) is 70.6 cm³/mol. The summed E-state index contributed by atoms with van der Waals surface area (Å²) >= 11 is 0. The third-order valence-corrected chi connectivity index (χ3v) is 4.09. The summed E-state index contributed by atoms with van der Waals surface area (Å²) in [5, 5.41) is 0. The van der Waals surface area contributed by atoms with Gasteiger partial charge in [0.05, 0.1) is 0 Å². The number of hydrogen-bond acceptors (Lipinski definition) is 3. The van der Waals surface area contributed by atoms with E-state index in [1.807, 2.05) is 12.4 Å². The van der Waals surface area contributed by atoms with Crippen molar-refractivity contribution in [3.8, 4) is 0 Å². The van der Waals surface area contributed by atoms with Crippen molar-refractivity contribution >= 4 is 0 Å². The fourth-order valence-corrected chi connectivity index (χ4v) is 2.96. The normalized spacial score (nSPS) is 27.9. The summed E-state index contributed by atoms with van der Waals surface area (Å²) in [6.07, 6.45) is 6.34. The molecule has 0 aromatic carbocycles. The van der Waals surface area contributed by atoms with Crippen LogP contribution in [0.5, 0.6) is 0 Å². The van der Waals surface area contributed by atoms with Gasteiger partial charge in [0.25, 0.3) is 0 Å². The van der Waals surface area contributed by atoms with Gasteiger partial charge in [-0.05, 0) is 49.9 Å². The van der Waals surface area contributed by atoms with Gasteiger partial charge >= 0.3 is 0 Å². The SMILES string of the molecule is CC1CCCN(C(C)c2ccncc2)C1CN. The topological polar surface area (TPSA) is 42.2 Å². The van der Waals surface area contributed by atoms with Crippen LogP contribution in [-0.2, 0) is 0 Å². The van der Waals surface area contributed by atoms with Crippen LogP contribution in [0.3, 0.4) is 0 Å². The van der Waals surface area contributed by atoms with E-state index < -0.39 is 0 Å². The highest BCUT2D eigenvalue weighted by Gasteiger charge is 2.30. The van der Waals surface area contributed by atoms with E-state index in [-0.39, 0.29) is 0 Å². The molecule has 94 valence electrons. The number of rotatable bonds is 3. The third-order valence-electron chi connectivity index (χ3n) is 4.09. The minimum atomic E-state index is 0.439. The first-order valence-electron chi connectivity index (χ1n) is 6.59. The van der Waals surface area contributed by atoms with Crippen molar-refractivity contribution in [2.75, 3.05) is 13.1 Å². The van der Waals surface area contributed by atoms with E-state index in [1.54, 1.807) is 0 Å². The molecule has 1 aromatic rings. The molecule has 0 spiro atoms. The number of nitrogens with two attached hydrogens (primary N) is 1. The molecule has 2 rings (SSSR count). The first-order valence-corrected chi connectivity index (χ1v) is 6.59. The highest BCUT2D eigenvalue weighted by molar-refractivity contribution is 5.15. The average molecular weight is 233 g/mol. The standard InChI is InChI=1S/C14H23N3/c1-11-4-3-9-17(14(11)10-15)12(2)13-5-7-16-8-6-13/h5-8,11-12,14H,3-4,9-10,15H2,1-2H3. The molecule has 1 aromatic heterocycles. The molecule has 3 atom stereocenters. The Hall–Kier alpha value is -0.930. The van der Waals surface area contributed by atoms with Crippen LogP contribution in [0, 0.1) is 5.92 Å². The molecule has 0 amide bonds. The summed E-state index contributed by atoms with van der Waals surface area (Å²) in [7, 11) is 0. The molecule has 1 saturated heterocycles. The molecular weight excluding hydrogens is 210 g/mol. The van der Waals surface area contributed by atoms with Crippen LogP contribution < -0.4 is 5.73 Å². The Labute approximate surface area is 104 Å². The van der Waals surface area contributed by atoms with Crippen LogP contribution in [0.4, 0.5) is 0 Å². The summed E-state index contributed by atoms with van der Waals surface area (Å²) in [5.41, 5.74) is 7.29. The van der Waals surface area contributed by atoms with Gasteiger partial charge in [-0.3, -0.25) is 9.88 Å². The molecule has 2 N–H and O–H groups in total. The van der Waals surface area contributed by atoms with Crippen LogP contribution in [0.1, 0.15) is 38.3 Å². The summed E-state index contributed by atoms with van der Waals surface area (Å²) in [6, 6.07) is 5.18. The Kier molecular flexibility index (Phi) is 4.13. The van der Waals surface area contributed by atoms with Crippen LogP contribution in [-0.4, -0.2) is 29.0 Å². The summed E-state index contributed by atoms with van der Waals surface area (Å²) in [4.78, 5) is 6.64. The smallest absolute Gasteiger partial charge is 0.0324 e. The maximum absolute atomic E-state index is 5.95. The Morgan fingerprint density at radius 2 is 2.18 bits per heavy atom. The lowest BCUT2D eigenvalue weighted by Crippen LogP contribution is -2.49. The quantitative estimate of drug-likeness (QED) is 0.870. The van der Waals surface area contributed by atoms with E-state index in [2.05, 4.69) is 35.9 Å². The number of piperidine rings is 1. The second kappa shape index (κ2) is 5.61. The van der Waals surface area contributed by atoms with Crippen molar-refractivity contribution in [2.24, 2.45) is 11.7 Å². The Morgan fingerprint density at radius 3 is 2.82 bits per heavy atom. The number of pyridine rings is 1. The van der Waals surface area contributed by atoms with E-state index in [9.17, 15) is 0 Å². The molecule has 1 aliphatic rings. The summed E-state index contributed by atoms with van der Waals surface area (Å²) < 4.78 is 0. The van der Waals surface area contributed by atoms with Gasteiger partial charge in [-0.15, -0.1) is 0 Å². The summed E-state index contributed by atoms with van der Waals surface area (Å²) in [6.45, 7) is 6.52. The van der Waals surface area contributed by atoms with Gasteiger partial charge in [0.1, 0.15) is 0 Å². The zero-order chi connectivity index (χ0) is 12.3. The minimum absolute atomic E-state index is 0.439. The van der Waals surface area contributed by atoms with Crippen molar-refractivity contribution in [3.05, 3.63) is 30.1 Å². The van der Waals surface area contributed by atoms with Crippen LogP contribution in [0.25, 0.3) is 0 Å². The molecule has 1 aliphatic heterocycles. The number of aromatic nitrogens is 1. The predicted octanol–water partition coefficient (Wildman–Crippen LogP) is 2.20. The molecule has 2 heterocycles. The van der Waals surface area contributed by atoms with Crippen LogP contribution >= 0.6 is 0 Å². The highest BCUT2D eigenvalue weighted by atomic mass is 15.2. The Balaban J connectivity index is 2.15. The van der Waals surface area contributed by atoms with Gasteiger partial charge in [0.15, 0.2) is 0 Å². The molecule has 17 heavy (non-hydrogen) atoms. The highest BCUT2D eigenvalue weighted by Crippen LogP contribution is 2.30. The largest absolute Gasteiger partial charge is 0.329 e. The van der Waals surface area contributed by atoms with Gasteiger partial charge in [-0.2, -0.15) is 0 Å². The number of nitrogens with zero attached hydrogens (tertiary/aromatic N) is 2. The maximum Gasteiger partial charge on any atom is 0.0324 e. The van der Waals surface area contributed by atoms with Gasteiger partial charge in [-0.1, -0.05) is 6.92 Å². The van der Waals surface area contributed by atoms with E-state index >= 15 is 0 Å². The molecule has 3 unspecified atom stereocenters. The summed E-state index contributed by atoms with van der Waals surface area (Å²) in [5.74, 6) is 0.707. The molecule has 0 saturated carbocycles. The van der Waals surface area contributed by atoms with Crippen LogP contribution in [0.2, 0.25) is 0 Å². The fourth-order valence-electron chi connectivity index (χ4n) is 2.96. The second-order valence-electron chi connectivity index (χ2n) is 5.12. The third kappa shape index (κ3) is 2.67. The Bertz CT molecular complexity index is 339. The lowest BCUT2D eigenvalue weighted by atomic mass is 9.88. The molecule has 0 bridgehead atoms. The van der Waals surface area contributed by atoms with E-state index in [4.69, 9.17) is 5.73 Å². The fraction of sp³-hybridized carbons (Fsp3) is 0.643. The minimum Gasteiger partial charge on any atom is -0.329 e. The van der Waals surface area contributed by atoms with Crippen molar-refractivity contribution in [3.63, 3.8) is 0 Å². The monoisotopic (exact) mass is 233 g/mol. The number of hydrogen-bond donors (Lipinski definition) is 1. The van der Waals surface area contributed by atoms with Crippen molar-refractivity contribution < 1.29 is 0 Å². The van der Waals surface area contributed by atoms with Crippen molar-refractivity contribution in [2.45, 2.75) is 38.8 Å². The molecular formula is C14H23N3. The van der Waals surface area contributed by atoms with Gasteiger partial charge in [0.2, 0.25) is 0 Å². The van der Waals surface area contributed by atoms with Gasteiger partial charge in [-0.25, -0.2) is 0 Å². The molecule has 1 fully saturated rings. The first-order chi connectivity index (χ1) is 8.24.